The first kappa shape index (κ1) is 17.5. The van der Waals surface area contributed by atoms with Crippen LogP contribution in [0.25, 0.3) is 0 Å². The maximum Gasteiger partial charge on any atom is 0.242 e. The lowest BCUT2D eigenvalue weighted by Crippen LogP contribution is -2.56. The largest absolute Gasteiger partial charge is 0.354 e. The molecular formula is C18H27N3O2. The van der Waals surface area contributed by atoms with Gasteiger partial charge >= 0.3 is 0 Å². The summed E-state index contributed by atoms with van der Waals surface area (Å²) in [5.41, 5.74) is 2.43. The molecule has 1 aliphatic rings. The van der Waals surface area contributed by atoms with Crippen molar-refractivity contribution in [2.24, 2.45) is 5.92 Å². The van der Waals surface area contributed by atoms with Gasteiger partial charge in [0.05, 0.1) is 6.04 Å². The maximum atomic E-state index is 12.5. The summed E-state index contributed by atoms with van der Waals surface area (Å²) in [7, 11) is 0. The Balaban J connectivity index is 1.98. The molecule has 0 saturated carbocycles. The van der Waals surface area contributed by atoms with Crippen LogP contribution in [0.1, 0.15) is 38.3 Å². The van der Waals surface area contributed by atoms with E-state index in [2.05, 4.69) is 28.1 Å². The number of amides is 2. The summed E-state index contributed by atoms with van der Waals surface area (Å²) < 4.78 is 0. The third kappa shape index (κ3) is 4.55. The van der Waals surface area contributed by atoms with Gasteiger partial charge in [0.15, 0.2) is 0 Å². The minimum atomic E-state index is -0.493. The quantitative estimate of drug-likeness (QED) is 0.742. The molecule has 3 N–H and O–H groups in total. The zero-order valence-corrected chi connectivity index (χ0v) is 14.2. The van der Waals surface area contributed by atoms with E-state index in [1.165, 1.54) is 11.1 Å². The first-order valence-electron chi connectivity index (χ1n) is 8.41. The van der Waals surface area contributed by atoms with Crippen LogP contribution >= 0.6 is 0 Å². The summed E-state index contributed by atoms with van der Waals surface area (Å²) in [6.07, 6.45) is 1.54. The molecule has 1 aliphatic heterocycles. The highest BCUT2D eigenvalue weighted by Gasteiger charge is 2.29. The predicted octanol–water partition coefficient (Wildman–Crippen LogP) is 1.37. The highest BCUT2D eigenvalue weighted by molar-refractivity contribution is 5.90. The highest BCUT2D eigenvalue weighted by Crippen LogP contribution is 2.16. The first-order valence-corrected chi connectivity index (χ1v) is 8.41. The Morgan fingerprint density at radius 1 is 1.26 bits per heavy atom. The van der Waals surface area contributed by atoms with E-state index in [4.69, 9.17) is 0 Å². The van der Waals surface area contributed by atoms with Gasteiger partial charge in [-0.2, -0.15) is 0 Å². The molecule has 1 heterocycles. The Labute approximate surface area is 138 Å². The fraction of sp³-hybridized carbons (Fsp3) is 0.556. The van der Waals surface area contributed by atoms with Crippen molar-refractivity contribution in [1.29, 1.82) is 0 Å². The molecule has 0 unspecified atom stereocenters. The lowest BCUT2D eigenvalue weighted by atomic mass is 9.95. The van der Waals surface area contributed by atoms with Gasteiger partial charge in [-0.1, -0.05) is 45.0 Å². The van der Waals surface area contributed by atoms with Crippen LogP contribution < -0.4 is 16.0 Å². The molecule has 0 bridgehead atoms. The summed E-state index contributed by atoms with van der Waals surface area (Å²) in [5.74, 6) is -0.164. The summed E-state index contributed by atoms with van der Waals surface area (Å²) in [5, 5.41) is 9.03. The summed E-state index contributed by atoms with van der Waals surface area (Å²) in [6.45, 7) is 7.21. The van der Waals surface area contributed by atoms with Crippen molar-refractivity contribution in [1.82, 2.24) is 16.0 Å². The van der Waals surface area contributed by atoms with Gasteiger partial charge in [0.25, 0.3) is 0 Å². The van der Waals surface area contributed by atoms with Crippen LogP contribution in [0.2, 0.25) is 0 Å². The van der Waals surface area contributed by atoms with Gasteiger partial charge in [0.2, 0.25) is 11.8 Å². The molecule has 23 heavy (non-hydrogen) atoms. The topological polar surface area (TPSA) is 70.2 Å². The fourth-order valence-electron chi connectivity index (χ4n) is 2.79. The normalized spacial score (nSPS) is 18.2. The van der Waals surface area contributed by atoms with Crippen LogP contribution in [-0.2, 0) is 22.6 Å². The number of fused-ring (bicyclic) bond motifs is 1. The maximum absolute atomic E-state index is 12.5. The molecule has 5 nitrogen and oxygen atoms in total. The van der Waals surface area contributed by atoms with Crippen LogP contribution in [0.5, 0.6) is 0 Å². The molecule has 0 aliphatic carbocycles. The van der Waals surface area contributed by atoms with E-state index in [1.807, 2.05) is 32.9 Å². The van der Waals surface area contributed by atoms with E-state index in [9.17, 15) is 9.59 Å². The number of rotatable bonds is 6. The molecule has 5 heteroatoms. The van der Waals surface area contributed by atoms with Gasteiger partial charge in [0.1, 0.15) is 6.04 Å². The molecular weight excluding hydrogens is 290 g/mol. The van der Waals surface area contributed by atoms with Crippen molar-refractivity contribution in [3.63, 3.8) is 0 Å². The standard InChI is InChI=1S/C18H27N3O2/c1-4-9-19-18(23)16(12(2)3)21-17(22)15-10-13-7-5-6-8-14(13)11-20-15/h5-8,12,15-16,20H,4,9-11H2,1-3H3,(H,19,23)(H,21,22)/t15-,16+/m0/s1. The molecule has 126 valence electrons. The Morgan fingerprint density at radius 3 is 2.61 bits per heavy atom. The minimum Gasteiger partial charge on any atom is -0.354 e. The summed E-state index contributed by atoms with van der Waals surface area (Å²) >= 11 is 0. The van der Waals surface area contributed by atoms with Crippen molar-refractivity contribution >= 4 is 11.8 Å². The van der Waals surface area contributed by atoms with Crippen molar-refractivity contribution in [3.05, 3.63) is 35.4 Å². The second-order valence-electron chi connectivity index (χ2n) is 6.43. The van der Waals surface area contributed by atoms with E-state index in [0.29, 0.717) is 19.5 Å². The van der Waals surface area contributed by atoms with Crippen molar-refractivity contribution in [2.75, 3.05) is 6.54 Å². The van der Waals surface area contributed by atoms with Gasteiger partial charge in [0, 0.05) is 13.1 Å². The third-order valence-electron chi connectivity index (χ3n) is 4.19. The molecule has 2 rings (SSSR count). The molecule has 1 aromatic carbocycles. The lowest BCUT2D eigenvalue weighted by Gasteiger charge is -2.28. The van der Waals surface area contributed by atoms with Crippen LogP contribution in [0.15, 0.2) is 24.3 Å². The molecule has 0 radical (unpaired) electrons. The number of hydrogen-bond acceptors (Lipinski definition) is 3. The second-order valence-corrected chi connectivity index (χ2v) is 6.43. The van der Waals surface area contributed by atoms with E-state index in [1.54, 1.807) is 0 Å². The van der Waals surface area contributed by atoms with Crippen molar-refractivity contribution in [2.45, 2.75) is 52.2 Å². The van der Waals surface area contributed by atoms with Gasteiger partial charge in [-0.3, -0.25) is 9.59 Å². The number of hydrogen-bond donors (Lipinski definition) is 3. The van der Waals surface area contributed by atoms with Crippen LogP contribution in [0.3, 0.4) is 0 Å². The van der Waals surface area contributed by atoms with E-state index < -0.39 is 6.04 Å². The molecule has 2 atom stereocenters. The summed E-state index contributed by atoms with van der Waals surface area (Å²) in [4.78, 5) is 24.8. The molecule has 0 aromatic heterocycles. The van der Waals surface area contributed by atoms with Crippen LogP contribution in [0.4, 0.5) is 0 Å². The van der Waals surface area contributed by atoms with Gasteiger partial charge < -0.3 is 16.0 Å². The Morgan fingerprint density at radius 2 is 1.96 bits per heavy atom. The third-order valence-corrected chi connectivity index (χ3v) is 4.19. The Hall–Kier alpha value is -1.88. The number of carbonyl (C=O) groups is 2. The number of carbonyl (C=O) groups excluding carboxylic acids is 2. The van der Waals surface area contributed by atoms with Gasteiger partial charge in [-0.15, -0.1) is 0 Å². The molecule has 2 amide bonds. The lowest BCUT2D eigenvalue weighted by molar-refractivity contribution is -0.131. The number of nitrogens with one attached hydrogen (secondary N) is 3. The first-order chi connectivity index (χ1) is 11.0. The molecule has 0 spiro atoms. The predicted molar refractivity (Wildman–Crippen MR) is 90.8 cm³/mol. The fourth-order valence-corrected chi connectivity index (χ4v) is 2.79. The minimum absolute atomic E-state index is 0.0479. The zero-order valence-electron chi connectivity index (χ0n) is 14.2. The van der Waals surface area contributed by atoms with Gasteiger partial charge in [-0.05, 0) is 29.9 Å². The van der Waals surface area contributed by atoms with Crippen molar-refractivity contribution in [3.8, 4) is 0 Å². The van der Waals surface area contributed by atoms with E-state index in [-0.39, 0.29) is 23.8 Å². The van der Waals surface area contributed by atoms with Crippen LogP contribution in [-0.4, -0.2) is 30.4 Å². The van der Waals surface area contributed by atoms with E-state index >= 15 is 0 Å². The average molecular weight is 317 g/mol. The SMILES string of the molecule is CCCNC(=O)[C@H](NC(=O)[C@@H]1Cc2ccccc2CN1)C(C)C. The monoisotopic (exact) mass is 317 g/mol. The second kappa shape index (κ2) is 8.11. The molecule has 0 fully saturated rings. The zero-order chi connectivity index (χ0) is 16.8. The Bertz CT molecular complexity index is 557. The van der Waals surface area contributed by atoms with Gasteiger partial charge in [-0.25, -0.2) is 0 Å². The molecule has 1 aromatic rings. The smallest absolute Gasteiger partial charge is 0.242 e. The molecule has 0 saturated heterocycles. The van der Waals surface area contributed by atoms with E-state index in [0.717, 1.165) is 6.42 Å². The Kier molecular flexibility index (Phi) is 6.16. The van der Waals surface area contributed by atoms with Crippen LogP contribution in [0, 0.1) is 5.92 Å². The van der Waals surface area contributed by atoms with Crippen molar-refractivity contribution < 1.29 is 9.59 Å². The average Bonchev–Trinajstić information content (AvgIpc) is 2.56. The highest BCUT2D eigenvalue weighted by atomic mass is 16.2. The number of benzene rings is 1. The summed E-state index contributed by atoms with van der Waals surface area (Å²) in [6, 6.07) is 7.36.